The van der Waals surface area contributed by atoms with Gasteiger partial charge < -0.3 is 10.2 Å². The Labute approximate surface area is 100 Å². The predicted octanol–water partition coefficient (Wildman–Crippen LogP) is 2.08. The lowest BCUT2D eigenvalue weighted by Gasteiger charge is -2.41. The number of amides is 1. The average molecular weight is 235 g/mol. The second-order valence-corrected chi connectivity index (χ2v) is 4.54. The van der Waals surface area contributed by atoms with Gasteiger partial charge in [-0.15, -0.1) is 0 Å². The van der Waals surface area contributed by atoms with Gasteiger partial charge in [0.1, 0.15) is 5.72 Å². The topological polar surface area (TPSA) is 60.8 Å². The highest BCUT2D eigenvalue weighted by Gasteiger charge is 2.39. The van der Waals surface area contributed by atoms with Crippen molar-refractivity contribution < 1.29 is 15.0 Å². The van der Waals surface area contributed by atoms with Crippen LogP contribution in [0.3, 0.4) is 0 Å². The van der Waals surface area contributed by atoms with E-state index in [1.165, 1.54) is 4.90 Å². The molecule has 0 saturated carbocycles. The molecule has 2 rings (SSSR count). The number of hydrogen-bond donors (Lipinski definition) is 2. The van der Waals surface area contributed by atoms with E-state index < -0.39 is 11.8 Å². The summed E-state index contributed by atoms with van der Waals surface area (Å²) in [5, 5.41) is 19.6. The van der Waals surface area contributed by atoms with Crippen molar-refractivity contribution in [2.45, 2.75) is 31.4 Å². The first-order valence-corrected chi connectivity index (χ1v) is 5.89. The summed E-state index contributed by atoms with van der Waals surface area (Å²) in [4.78, 5) is 12.3. The molecule has 1 heterocycles. The quantitative estimate of drug-likeness (QED) is 0.825. The number of piperidine rings is 1. The fourth-order valence-corrected chi connectivity index (χ4v) is 2.40. The molecule has 1 atom stereocenters. The standard InChI is InChI=1S/C13H17NO3/c15-12(16)14-9-5-4-8-13(14,17)10-11-6-2-1-3-7-11/h1-3,6-7,17H,4-5,8-10H2,(H,15,16). The summed E-state index contributed by atoms with van der Waals surface area (Å²) < 4.78 is 0. The second kappa shape index (κ2) is 4.75. The zero-order valence-corrected chi connectivity index (χ0v) is 9.67. The van der Waals surface area contributed by atoms with Gasteiger partial charge in [0, 0.05) is 13.0 Å². The molecule has 1 fully saturated rings. The highest BCUT2D eigenvalue weighted by Crippen LogP contribution is 2.29. The second-order valence-electron chi connectivity index (χ2n) is 4.54. The zero-order chi connectivity index (χ0) is 12.3. The number of nitrogens with zero attached hydrogens (tertiary/aromatic N) is 1. The van der Waals surface area contributed by atoms with E-state index in [1.54, 1.807) is 0 Å². The minimum Gasteiger partial charge on any atom is -0.465 e. The molecule has 1 amide bonds. The smallest absolute Gasteiger partial charge is 0.409 e. The largest absolute Gasteiger partial charge is 0.465 e. The summed E-state index contributed by atoms with van der Waals surface area (Å²) in [6, 6.07) is 9.52. The summed E-state index contributed by atoms with van der Waals surface area (Å²) in [6.07, 6.45) is 1.52. The predicted molar refractivity (Wildman–Crippen MR) is 63.7 cm³/mol. The van der Waals surface area contributed by atoms with Crippen LogP contribution >= 0.6 is 0 Å². The Balaban J connectivity index is 2.18. The maximum Gasteiger partial charge on any atom is 0.409 e. The molecule has 1 unspecified atom stereocenters. The van der Waals surface area contributed by atoms with Gasteiger partial charge in [0.15, 0.2) is 0 Å². The molecule has 1 aromatic rings. The van der Waals surface area contributed by atoms with Crippen molar-refractivity contribution in [1.29, 1.82) is 0 Å². The third-order valence-electron chi connectivity index (χ3n) is 3.27. The van der Waals surface area contributed by atoms with Crippen LogP contribution in [-0.2, 0) is 6.42 Å². The summed E-state index contributed by atoms with van der Waals surface area (Å²) in [7, 11) is 0. The minimum atomic E-state index is -1.24. The number of benzene rings is 1. The Bertz CT molecular complexity index is 393. The summed E-state index contributed by atoms with van der Waals surface area (Å²) in [5.74, 6) is 0. The van der Waals surface area contributed by atoms with Gasteiger partial charge in [-0.2, -0.15) is 0 Å². The molecule has 2 N–H and O–H groups in total. The van der Waals surface area contributed by atoms with Crippen LogP contribution < -0.4 is 0 Å². The van der Waals surface area contributed by atoms with Gasteiger partial charge in [-0.3, -0.25) is 4.90 Å². The van der Waals surface area contributed by atoms with Crippen molar-refractivity contribution >= 4 is 6.09 Å². The number of rotatable bonds is 2. The van der Waals surface area contributed by atoms with Crippen molar-refractivity contribution in [3.8, 4) is 0 Å². The van der Waals surface area contributed by atoms with Crippen LogP contribution in [0.25, 0.3) is 0 Å². The van der Waals surface area contributed by atoms with E-state index in [2.05, 4.69) is 0 Å². The monoisotopic (exact) mass is 235 g/mol. The van der Waals surface area contributed by atoms with Crippen LogP contribution in [0.1, 0.15) is 24.8 Å². The van der Waals surface area contributed by atoms with Crippen LogP contribution in [0.5, 0.6) is 0 Å². The number of carbonyl (C=O) groups is 1. The Hall–Kier alpha value is -1.55. The van der Waals surface area contributed by atoms with E-state index >= 15 is 0 Å². The van der Waals surface area contributed by atoms with Crippen LogP contribution in [-0.4, -0.2) is 33.5 Å². The average Bonchev–Trinajstić information content (AvgIpc) is 2.30. The Morgan fingerprint density at radius 2 is 2.00 bits per heavy atom. The van der Waals surface area contributed by atoms with Crippen molar-refractivity contribution in [2.24, 2.45) is 0 Å². The molecular weight excluding hydrogens is 218 g/mol. The molecule has 0 spiro atoms. The van der Waals surface area contributed by atoms with E-state index in [4.69, 9.17) is 5.11 Å². The first-order chi connectivity index (χ1) is 8.12. The van der Waals surface area contributed by atoms with Crippen molar-refractivity contribution in [2.75, 3.05) is 6.54 Å². The Morgan fingerprint density at radius 3 is 2.65 bits per heavy atom. The normalized spacial score (nSPS) is 24.6. The molecular formula is C13H17NO3. The number of hydrogen-bond acceptors (Lipinski definition) is 2. The maximum absolute atomic E-state index is 11.1. The maximum atomic E-state index is 11.1. The first kappa shape index (κ1) is 11.9. The van der Waals surface area contributed by atoms with E-state index in [9.17, 15) is 9.90 Å². The molecule has 0 aliphatic carbocycles. The molecule has 17 heavy (non-hydrogen) atoms. The van der Waals surface area contributed by atoms with Crippen molar-refractivity contribution in [1.82, 2.24) is 4.90 Å². The van der Waals surface area contributed by atoms with Gasteiger partial charge >= 0.3 is 6.09 Å². The molecule has 4 nitrogen and oxygen atoms in total. The molecule has 92 valence electrons. The molecule has 0 aromatic heterocycles. The SMILES string of the molecule is O=C(O)N1CCCCC1(O)Cc1ccccc1. The van der Waals surface area contributed by atoms with Gasteiger partial charge in [-0.25, -0.2) is 4.79 Å². The molecule has 1 aliphatic heterocycles. The lowest BCUT2D eigenvalue weighted by atomic mass is 9.92. The Kier molecular flexibility index (Phi) is 3.33. The molecule has 1 aliphatic rings. The van der Waals surface area contributed by atoms with E-state index in [1.807, 2.05) is 30.3 Å². The zero-order valence-electron chi connectivity index (χ0n) is 9.67. The number of aliphatic hydroxyl groups is 1. The van der Waals surface area contributed by atoms with Gasteiger partial charge in [-0.1, -0.05) is 30.3 Å². The van der Waals surface area contributed by atoms with Crippen molar-refractivity contribution in [3.63, 3.8) is 0 Å². The summed E-state index contributed by atoms with van der Waals surface area (Å²) in [6.45, 7) is 0.415. The fourth-order valence-electron chi connectivity index (χ4n) is 2.40. The summed E-state index contributed by atoms with van der Waals surface area (Å²) in [5.41, 5.74) is -0.283. The van der Waals surface area contributed by atoms with Crippen LogP contribution in [0, 0.1) is 0 Å². The molecule has 0 radical (unpaired) electrons. The number of carboxylic acid groups (broad SMARTS) is 1. The van der Waals surface area contributed by atoms with Gasteiger partial charge in [0.25, 0.3) is 0 Å². The van der Waals surface area contributed by atoms with Gasteiger partial charge in [0.05, 0.1) is 0 Å². The summed E-state index contributed by atoms with van der Waals surface area (Å²) >= 11 is 0. The van der Waals surface area contributed by atoms with Crippen LogP contribution in [0.4, 0.5) is 4.79 Å². The lowest BCUT2D eigenvalue weighted by Crippen LogP contribution is -2.55. The molecule has 1 saturated heterocycles. The van der Waals surface area contributed by atoms with Crippen molar-refractivity contribution in [3.05, 3.63) is 35.9 Å². The molecule has 1 aromatic carbocycles. The van der Waals surface area contributed by atoms with Gasteiger partial charge in [0.2, 0.25) is 0 Å². The molecule has 4 heteroatoms. The highest BCUT2D eigenvalue weighted by molar-refractivity contribution is 5.66. The van der Waals surface area contributed by atoms with E-state index in [0.717, 1.165) is 18.4 Å². The van der Waals surface area contributed by atoms with Gasteiger partial charge in [-0.05, 0) is 24.8 Å². The molecule has 0 bridgehead atoms. The highest BCUT2D eigenvalue weighted by atomic mass is 16.4. The number of likely N-dealkylation sites (tertiary alicyclic amines) is 1. The van der Waals surface area contributed by atoms with Crippen LogP contribution in [0.2, 0.25) is 0 Å². The third-order valence-corrected chi connectivity index (χ3v) is 3.27. The van der Waals surface area contributed by atoms with E-state index in [-0.39, 0.29) is 0 Å². The lowest BCUT2D eigenvalue weighted by molar-refractivity contribution is -0.113. The van der Waals surface area contributed by atoms with E-state index in [0.29, 0.717) is 19.4 Å². The Morgan fingerprint density at radius 1 is 1.29 bits per heavy atom. The van der Waals surface area contributed by atoms with Crippen LogP contribution in [0.15, 0.2) is 30.3 Å². The first-order valence-electron chi connectivity index (χ1n) is 5.89. The fraction of sp³-hybridized carbons (Fsp3) is 0.462. The third kappa shape index (κ3) is 2.58. The minimum absolute atomic E-state index is 0.361.